The Morgan fingerprint density at radius 2 is 2.04 bits per heavy atom. The van der Waals surface area contributed by atoms with Crippen LogP contribution in [0.3, 0.4) is 0 Å². The number of aromatic carboxylic acids is 1. The van der Waals surface area contributed by atoms with Gasteiger partial charge < -0.3 is 10.4 Å². The van der Waals surface area contributed by atoms with Gasteiger partial charge in [-0.05, 0) is 52.7 Å². The van der Waals surface area contributed by atoms with Crippen molar-refractivity contribution in [3.63, 3.8) is 0 Å². The Balaban J connectivity index is 2.22. The number of nitrogens with zero attached hydrogens (tertiary/aromatic N) is 1. The van der Waals surface area contributed by atoms with Crippen molar-refractivity contribution in [3.8, 4) is 0 Å². The fourth-order valence-corrected chi connectivity index (χ4v) is 2.99. The summed E-state index contributed by atoms with van der Waals surface area (Å²) in [7, 11) is 0. The molecule has 0 bridgehead atoms. The molecule has 0 unspecified atom stereocenters. The molecule has 0 aliphatic rings. The molecule has 23 heavy (non-hydrogen) atoms. The Bertz CT molecular complexity index is 923. The highest BCUT2D eigenvalue weighted by Crippen LogP contribution is 2.35. The van der Waals surface area contributed by atoms with Crippen LogP contribution in [0.25, 0.3) is 10.9 Å². The minimum atomic E-state index is -0.983. The summed E-state index contributed by atoms with van der Waals surface area (Å²) in [6.07, 6.45) is 1.68. The van der Waals surface area contributed by atoms with E-state index in [1.165, 1.54) is 0 Å². The van der Waals surface area contributed by atoms with E-state index in [0.29, 0.717) is 10.7 Å². The zero-order valence-electron chi connectivity index (χ0n) is 12.1. The molecule has 6 heteroatoms. The summed E-state index contributed by atoms with van der Waals surface area (Å²) in [4.78, 5) is 15.8. The number of halogens is 2. The monoisotopic (exact) mass is 390 g/mol. The van der Waals surface area contributed by atoms with E-state index in [-0.39, 0.29) is 5.56 Å². The number of aromatic nitrogens is 1. The molecule has 0 saturated heterocycles. The topological polar surface area (TPSA) is 62.2 Å². The van der Waals surface area contributed by atoms with Crippen molar-refractivity contribution >= 4 is 55.8 Å². The molecule has 0 saturated carbocycles. The van der Waals surface area contributed by atoms with Gasteiger partial charge in [0.15, 0.2) is 0 Å². The van der Waals surface area contributed by atoms with Gasteiger partial charge in [-0.1, -0.05) is 23.7 Å². The summed E-state index contributed by atoms with van der Waals surface area (Å²) in [5.74, 6) is -0.983. The van der Waals surface area contributed by atoms with Gasteiger partial charge in [-0.2, -0.15) is 0 Å². The van der Waals surface area contributed by atoms with Crippen LogP contribution >= 0.6 is 27.5 Å². The Labute approximate surface area is 146 Å². The molecule has 0 fully saturated rings. The standard InChI is InChI=1S/C17H12BrClN2O2/c1-9-3-2-4-11(17(22)23)15(9)21-16-12-7-10(19)5-6-14(12)20-8-13(16)18/h2-8H,1H3,(H,20,21)(H,22,23). The SMILES string of the molecule is Cc1cccc(C(=O)O)c1Nc1c(Br)cnc2ccc(Cl)cc12. The van der Waals surface area contributed by atoms with E-state index < -0.39 is 5.97 Å². The van der Waals surface area contributed by atoms with Crippen molar-refractivity contribution in [2.45, 2.75) is 6.92 Å². The van der Waals surface area contributed by atoms with Gasteiger partial charge in [-0.3, -0.25) is 4.98 Å². The number of carboxylic acid groups (broad SMARTS) is 1. The first-order valence-corrected chi connectivity index (χ1v) is 7.98. The third kappa shape index (κ3) is 3.02. The van der Waals surface area contributed by atoms with Crippen LogP contribution in [-0.4, -0.2) is 16.1 Å². The first kappa shape index (κ1) is 15.8. The summed E-state index contributed by atoms with van der Waals surface area (Å²) in [5, 5.41) is 14.0. The van der Waals surface area contributed by atoms with Crippen molar-refractivity contribution in [3.05, 3.63) is 63.2 Å². The molecule has 0 amide bonds. The van der Waals surface area contributed by atoms with E-state index in [0.717, 1.165) is 26.6 Å². The highest BCUT2D eigenvalue weighted by molar-refractivity contribution is 9.10. The van der Waals surface area contributed by atoms with Gasteiger partial charge in [-0.25, -0.2) is 4.79 Å². The maximum absolute atomic E-state index is 11.5. The maximum atomic E-state index is 11.5. The highest BCUT2D eigenvalue weighted by Gasteiger charge is 2.15. The molecule has 0 radical (unpaired) electrons. The lowest BCUT2D eigenvalue weighted by Gasteiger charge is -2.16. The van der Waals surface area contributed by atoms with E-state index in [2.05, 4.69) is 26.2 Å². The van der Waals surface area contributed by atoms with Crippen molar-refractivity contribution in [1.82, 2.24) is 4.98 Å². The molecule has 4 nitrogen and oxygen atoms in total. The zero-order valence-corrected chi connectivity index (χ0v) is 14.4. The normalized spacial score (nSPS) is 10.7. The van der Waals surface area contributed by atoms with Gasteiger partial charge in [0, 0.05) is 16.6 Å². The van der Waals surface area contributed by atoms with Gasteiger partial charge in [0.05, 0.1) is 26.9 Å². The van der Waals surface area contributed by atoms with Gasteiger partial charge >= 0.3 is 5.97 Å². The van der Waals surface area contributed by atoms with E-state index in [1.807, 2.05) is 19.1 Å². The number of carbonyl (C=O) groups is 1. The number of anilines is 2. The average molecular weight is 392 g/mol. The van der Waals surface area contributed by atoms with Crippen LogP contribution in [0.5, 0.6) is 0 Å². The van der Waals surface area contributed by atoms with Gasteiger partial charge in [0.25, 0.3) is 0 Å². The largest absolute Gasteiger partial charge is 0.478 e. The van der Waals surface area contributed by atoms with Crippen LogP contribution in [-0.2, 0) is 0 Å². The molecule has 2 N–H and O–H groups in total. The number of aryl methyl sites for hydroxylation is 1. The molecule has 1 aromatic heterocycles. The molecular formula is C17H12BrClN2O2. The molecule has 3 rings (SSSR count). The fraction of sp³-hybridized carbons (Fsp3) is 0.0588. The molecule has 0 spiro atoms. The van der Waals surface area contributed by atoms with Crippen LogP contribution in [0.4, 0.5) is 11.4 Å². The van der Waals surface area contributed by atoms with Crippen molar-refractivity contribution in [1.29, 1.82) is 0 Å². The van der Waals surface area contributed by atoms with Crippen molar-refractivity contribution < 1.29 is 9.90 Å². The number of hydrogen-bond donors (Lipinski definition) is 2. The second-order valence-corrected chi connectivity index (χ2v) is 6.36. The Hall–Kier alpha value is -2.11. The minimum absolute atomic E-state index is 0.212. The van der Waals surface area contributed by atoms with Crippen LogP contribution in [0, 0.1) is 6.92 Å². The predicted molar refractivity (Wildman–Crippen MR) is 95.9 cm³/mol. The summed E-state index contributed by atoms with van der Waals surface area (Å²) >= 11 is 9.56. The molecule has 1 heterocycles. The third-order valence-electron chi connectivity index (χ3n) is 3.54. The molecule has 3 aromatic rings. The summed E-state index contributed by atoms with van der Waals surface area (Å²) in [6, 6.07) is 10.5. The molecule has 0 aliphatic heterocycles. The summed E-state index contributed by atoms with van der Waals surface area (Å²) in [5.41, 5.74) is 3.10. The molecule has 0 aliphatic carbocycles. The Kier molecular flexibility index (Phi) is 4.24. The third-order valence-corrected chi connectivity index (χ3v) is 4.37. The second-order valence-electron chi connectivity index (χ2n) is 5.07. The Morgan fingerprint density at radius 1 is 1.26 bits per heavy atom. The molecule has 0 atom stereocenters. The smallest absolute Gasteiger partial charge is 0.337 e. The van der Waals surface area contributed by atoms with Crippen molar-refractivity contribution in [2.75, 3.05) is 5.32 Å². The fourth-order valence-electron chi connectivity index (χ4n) is 2.40. The number of benzene rings is 2. The maximum Gasteiger partial charge on any atom is 0.337 e. The quantitative estimate of drug-likeness (QED) is 0.627. The van der Waals surface area contributed by atoms with E-state index in [4.69, 9.17) is 11.6 Å². The van der Waals surface area contributed by atoms with Gasteiger partial charge in [-0.15, -0.1) is 0 Å². The van der Waals surface area contributed by atoms with Crippen LogP contribution in [0.15, 0.2) is 47.1 Å². The minimum Gasteiger partial charge on any atom is -0.478 e. The average Bonchev–Trinajstić information content (AvgIpc) is 2.51. The summed E-state index contributed by atoms with van der Waals surface area (Å²) < 4.78 is 0.729. The number of nitrogens with one attached hydrogen (secondary N) is 1. The Morgan fingerprint density at radius 3 is 2.78 bits per heavy atom. The number of fused-ring (bicyclic) bond motifs is 1. The first-order valence-electron chi connectivity index (χ1n) is 6.81. The number of rotatable bonds is 3. The van der Waals surface area contributed by atoms with E-state index >= 15 is 0 Å². The highest BCUT2D eigenvalue weighted by atomic mass is 79.9. The van der Waals surface area contributed by atoms with Gasteiger partial charge in [0.1, 0.15) is 0 Å². The molecular weight excluding hydrogens is 380 g/mol. The molecule has 116 valence electrons. The van der Waals surface area contributed by atoms with Crippen LogP contribution < -0.4 is 5.32 Å². The van der Waals surface area contributed by atoms with Crippen molar-refractivity contribution in [2.24, 2.45) is 0 Å². The lowest BCUT2D eigenvalue weighted by atomic mass is 10.1. The lowest BCUT2D eigenvalue weighted by molar-refractivity contribution is 0.0698. The number of carboxylic acids is 1. The molecule has 2 aromatic carbocycles. The number of para-hydroxylation sites is 1. The number of pyridine rings is 1. The van der Waals surface area contributed by atoms with E-state index in [1.54, 1.807) is 30.5 Å². The van der Waals surface area contributed by atoms with Crippen LogP contribution in [0.1, 0.15) is 15.9 Å². The summed E-state index contributed by atoms with van der Waals surface area (Å²) in [6.45, 7) is 1.86. The first-order chi connectivity index (χ1) is 11.0. The zero-order chi connectivity index (χ0) is 16.6. The van der Waals surface area contributed by atoms with E-state index in [9.17, 15) is 9.90 Å². The van der Waals surface area contributed by atoms with Gasteiger partial charge in [0.2, 0.25) is 0 Å². The number of hydrogen-bond acceptors (Lipinski definition) is 3. The second kappa shape index (κ2) is 6.18. The van der Waals surface area contributed by atoms with Crippen LogP contribution in [0.2, 0.25) is 5.02 Å². The predicted octanol–water partition coefficient (Wildman–Crippen LogP) is 5.40. The lowest BCUT2D eigenvalue weighted by Crippen LogP contribution is -2.05.